The van der Waals surface area contributed by atoms with Crippen LogP contribution in [-0.2, 0) is 4.74 Å². The number of methoxy groups -OCH3 is 1. The molecule has 0 unspecified atom stereocenters. The van der Waals surface area contributed by atoms with Crippen LogP contribution in [0.5, 0.6) is 0 Å². The molecule has 0 radical (unpaired) electrons. The molecule has 0 aromatic carbocycles. The van der Waals surface area contributed by atoms with Crippen molar-refractivity contribution in [2.45, 2.75) is 0 Å². The van der Waals surface area contributed by atoms with Crippen molar-refractivity contribution in [3.63, 3.8) is 0 Å². The number of fused-ring (bicyclic) bond motifs is 1. The van der Waals surface area contributed by atoms with Crippen LogP contribution in [0.3, 0.4) is 0 Å². The predicted octanol–water partition coefficient (Wildman–Crippen LogP) is 3.50. The molecule has 0 fully saturated rings. The minimum Gasteiger partial charge on any atom is -0.463 e. The van der Waals surface area contributed by atoms with Crippen LogP contribution in [0, 0.1) is 0 Å². The summed E-state index contributed by atoms with van der Waals surface area (Å²) >= 11 is 1.50. The van der Waals surface area contributed by atoms with Gasteiger partial charge in [-0.2, -0.15) is 5.10 Å². The van der Waals surface area contributed by atoms with Gasteiger partial charge in [-0.25, -0.2) is 14.3 Å². The summed E-state index contributed by atoms with van der Waals surface area (Å²) in [7, 11) is 1.32. The number of carbonyl (C=O) groups excluding carboxylic acids is 1. The molecule has 6 nitrogen and oxygen atoms in total. The van der Waals surface area contributed by atoms with Crippen molar-refractivity contribution in [2.75, 3.05) is 7.11 Å². The highest BCUT2D eigenvalue weighted by molar-refractivity contribution is 7.13. The van der Waals surface area contributed by atoms with Gasteiger partial charge in [0.25, 0.3) is 0 Å². The van der Waals surface area contributed by atoms with E-state index in [9.17, 15) is 4.79 Å². The highest BCUT2D eigenvalue weighted by atomic mass is 32.1. The maximum Gasteiger partial charge on any atom is 0.373 e. The van der Waals surface area contributed by atoms with Crippen molar-refractivity contribution in [3.8, 4) is 22.0 Å². The third-order valence-corrected chi connectivity index (χ3v) is 4.28. The third-order valence-electron chi connectivity index (χ3n) is 3.41. The smallest absolute Gasteiger partial charge is 0.373 e. The lowest BCUT2D eigenvalue weighted by Gasteiger charge is -1.94. The molecule has 0 aliphatic rings. The molecule has 4 heterocycles. The Morgan fingerprint density at radius 1 is 1.30 bits per heavy atom. The van der Waals surface area contributed by atoms with E-state index in [4.69, 9.17) is 4.42 Å². The molecule has 114 valence electrons. The minimum absolute atomic E-state index is 0.160. The van der Waals surface area contributed by atoms with E-state index in [-0.39, 0.29) is 5.76 Å². The molecule has 0 N–H and O–H groups in total. The summed E-state index contributed by atoms with van der Waals surface area (Å²) in [5.41, 5.74) is 2.63. The number of hydrogen-bond acceptors (Lipinski definition) is 6. The Morgan fingerprint density at radius 2 is 2.22 bits per heavy atom. The van der Waals surface area contributed by atoms with Crippen LogP contribution in [0.15, 0.2) is 52.5 Å². The maximum atomic E-state index is 11.5. The molecule has 0 saturated carbocycles. The van der Waals surface area contributed by atoms with E-state index in [1.165, 1.54) is 18.4 Å². The Bertz CT molecular complexity index is 999. The molecule has 23 heavy (non-hydrogen) atoms. The van der Waals surface area contributed by atoms with Gasteiger partial charge in [-0.3, -0.25) is 0 Å². The zero-order valence-corrected chi connectivity index (χ0v) is 12.9. The maximum absolute atomic E-state index is 11.5. The minimum atomic E-state index is -0.505. The molecule has 0 aliphatic heterocycles. The lowest BCUT2D eigenvalue weighted by Crippen LogP contribution is -1.98. The van der Waals surface area contributed by atoms with Crippen LogP contribution >= 0.6 is 11.3 Å². The highest BCUT2D eigenvalue weighted by Gasteiger charge is 2.16. The predicted molar refractivity (Wildman–Crippen MR) is 85.3 cm³/mol. The molecule has 0 saturated heterocycles. The Morgan fingerprint density at radius 3 is 3.09 bits per heavy atom. The van der Waals surface area contributed by atoms with Gasteiger partial charge in [-0.15, -0.1) is 11.3 Å². The molecular weight excluding hydrogens is 314 g/mol. The molecule has 4 aromatic rings. The second kappa shape index (κ2) is 5.36. The van der Waals surface area contributed by atoms with E-state index in [1.807, 2.05) is 29.8 Å². The Labute approximate surface area is 135 Å². The van der Waals surface area contributed by atoms with Crippen LogP contribution < -0.4 is 0 Å². The van der Waals surface area contributed by atoms with E-state index >= 15 is 0 Å². The van der Waals surface area contributed by atoms with Crippen molar-refractivity contribution >= 4 is 22.8 Å². The van der Waals surface area contributed by atoms with Crippen LogP contribution in [0.25, 0.3) is 27.5 Å². The molecule has 0 spiro atoms. The van der Waals surface area contributed by atoms with Gasteiger partial charge in [0, 0.05) is 11.6 Å². The summed E-state index contributed by atoms with van der Waals surface area (Å²) in [6.45, 7) is 0. The lowest BCUT2D eigenvalue weighted by molar-refractivity contribution is 0.0566. The second-order valence-electron chi connectivity index (χ2n) is 4.78. The molecule has 4 aromatic heterocycles. The molecule has 0 atom stereocenters. The summed E-state index contributed by atoms with van der Waals surface area (Å²) < 4.78 is 11.9. The Balaban J connectivity index is 1.72. The summed E-state index contributed by atoms with van der Waals surface area (Å²) in [5, 5.41) is 7.05. The molecular formula is C16H11N3O3S. The highest BCUT2D eigenvalue weighted by Crippen LogP contribution is 2.32. The van der Waals surface area contributed by atoms with Gasteiger partial charge in [0.2, 0.25) is 5.76 Å². The van der Waals surface area contributed by atoms with Crippen LogP contribution in [0.1, 0.15) is 10.6 Å². The number of rotatable bonds is 3. The Kier molecular flexibility index (Phi) is 3.20. The van der Waals surface area contributed by atoms with Crippen LogP contribution in [0.2, 0.25) is 0 Å². The van der Waals surface area contributed by atoms with Crippen molar-refractivity contribution in [2.24, 2.45) is 0 Å². The molecule has 0 amide bonds. The first-order valence-corrected chi connectivity index (χ1v) is 7.71. The first-order valence-electron chi connectivity index (χ1n) is 6.83. The van der Waals surface area contributed by atoms with E-state index < -0.39 is 5.97 Å². The van der Waals surface area contributed by atoms with Crippen molar-refractivity contribution < 1.29 is 13.9 Å². The number of nitrogens with zero attached hydrogens (tertiary/aromatic N) is 3. The van der Waals surface area contributed by atoms with Gasteiger partial charge in [0.1, 0.15) is 10.7 Å². The average molecular weight is 325 g/mol. The number of furan rings is 1. The number of thiazole rings is 1. The standard InChI is InChI=1S/C16H11N3O3S/c1-21-16(20)14-6-5-13(22-14)11-9-23-15(18-11)10-8-17-19-7-3-2-4-12(10)19/h2-9H,1H3. The van der Waals surface area contributed by atoms with Gasteiger partial charge in [-0.1, -0.05) is 6.07 Å². The number of esters is 1. The summed E-state index contributed by atoms with van der Waals surface area (Å²) in [4.78, 5) is 16.0. The first-order chi connectivity index (χ1) is 11.3. The summed E-state index contributed by atoms with van der Waals surface area (Å²) in [5.74, 6) is 0.187. The summed E-state index contributed by atoms with van der Waals surface area (Å²) in [6, 6.07) is 9.17. The third kappa shape index (κ3) is 2.31. The molecule has 4 rings (SSSR count). The number of pyridine rings is 1. The van der Waals surface area contributed by atoms with Crippen LogP contribution in [0.4, 0.5) is 0 Å². The molecule has 7 heteroatoms. The largest absolute Gasteiger partial charge is 0.463 e. The van der Waals surface area contributed by atoms with Gasteiger partial charge in [-0.05, 0) is 24.3 Å². The average Bonchev–Trinajstić information content (AvgIpc) is 3.31. The first kappa shape index (κ1) is 13.7. The number of carbonyl (C=O) groups is 1. The van der Waals surface area contributed by atoms with E-state index in [0.717, 1.165) is 16.1 Å². The quantitative estimate of drug-likeness (QED) is 0.539. The zero-order chi connectivity index (χ0) is 15.8. The fourth-order valence-electron chi connectivity index (χ4n) is 2.30. The molecule has 0 bridgehead atoms. The van der Waals surface area contributed by atoms with Gasteiger partial charge >= 0.3 is 5.97 Å². The summed E-state index contributed by atoms with van der Waals surface area (Å²) in [6.07, 6.45) is 3.68. The van der Waals surface area contributed by atoms with E-state index in [1.54, 1.807) is 22.8 Å². The lowest BCUT2D eigenvalue weighted by atomic mass is 10.3. The van der Waals surface area contributed by atoms with Crippen molar-refractivity contribution in [1.82, 2.24) is 14.6 Å². The number of ether oxygens (including phenoxy) is 1. The van der Waals surface area contributed by atoms with Crippen LogP contribution in [-0.4, -0.2) is 27.7 Å². The van der Waals surface area contributed by atoms with Crippen molar-refractivity contribution in [3.05, 3.63) is 53.9 Å². The number of hydrogen-bond donors (Lipinski definition) is 0. The van der Waals surface area contributed by atoms with Crippen molar-refractivity contribution in [1.29, 1.82) is 0 Å². The monoisotopic (exact) mass is 325 g/mol. The van der Waals surface area contributed by atoms with Gasteiger partial charge < -0.3 is 9.15 Å². The topological polar surface area (TPSA) is 69.6 Å². The Hall–Kier alpha value is -2.93. The fourth-order valence-corrected chi connectivity index (χ4v) is 3.12. The fraction of sp³-hybridized carbons (Fsp3) is 0.0625. The van der Waals surface area contributed by atoms with Gasteiger partial charge in [0.15, 0.2) is 5.76 Å². The normalized spacial score (nSPS) is 11.0. The molecule has 0 aliphatic carbocycles. The van der Waals surface area contributed by atoms with E-state index in [2.05, 4.69) is 14.8 Å². The van der Waals surface area contributed by atoms with E-state index in [0.29, 0.717) is 11.5 Å². The SMILES string of the molecule is COC(=O)c1ccc(-c2csc(-c3cnn4ccccc34)n2)o1. The number of aromatic nitrogens is 3. The zero-order valence-electron chi connectivity index (χ0n) is 12.1. The van der Waals surface area contributed by atoms with Gasteiger partial charge in [0.05, 0.1) is 24.4 Å². The second-order valence-corrected chi connectivity index (χ2v) is 5.64.